The second kappa shape index (κ2) is 3.99. The average molecular weight is 185 g/mol. The first-order valence-corrected chi connectivity index (χ1v) is 3.86. The lowest BCUT2D eigenvalue weighted by molar-refractivity contribution is -0.141. The van der Waals surface area contributed by atoms with Crippen LogP contribution in [-0.2, 0) is 11.2 Å². The maximum atomic E-state index is 10.6. The van der Waals surface area contributed by atoms with E-state index in [1.165, 1.54) is 0 Å². The molecule has 0 aromatic carbocycles. The van der Waals surface area contributed by atoms with Gasteiger partial charge in [-0.05, 0) is 6.92 Å². The predicted octanol–water partition coefficient (Wildman–Crippen LogP) is -0.420. The fourth-order valence-corrected chi connectivity index (χ4v) is 0.940. The van der Waals surface area contributed by atoms with E-state index in [0.29, 0.717) is 11.4 Å². The molecule has 6 heteroatoms. The number of nitrogens with two attached hydrogens (primary N) is 1. The highest BCUT2D eigenvalue weighted by atomic mass is 16.6. The zero-order chi connectivity index (χ0) is 9.84. The third-order valence-corrected chi connectivity index (χ3v) is 1.82. The molecule has 1 aromatic heterocycles. The van der Waals surface area contributed by atoms with E-state index in [9.17, 15) is 4.79 Å². The third-order valence-electron chi connectivity index (χ3n) is 1.82. The van der Waals surface area contributed by atoms with E-state index >= 15 is 0 Å². The van der Waals surface area contributed by atoms with Gasteiger partial charge in [-0.1, -0.05) is 10.3 Å². The number of aliphatic carboxylic acids is 1. The number of carboxylic acid groups (broad SMARTS) is 1. The Bertz CT molecular complexity index is 297. The van der Waals surface area contributed by atoms with Crippen molar-refractivity contribution in [3.8, 4) is 0 Å². The largest absolute Gasteiger partial charge is 0.481 e. The zero-order valence-electron chi connectivity index (χ0n) is 7.23. The van der Waals surface area contributed by atoms with Gasteiger partial charge < -0.3 is 10.8 Å². The minimum atomic E-state index is -0.926. The van der Waals surface area contributed by atoms with Gasteiger partial charge in [-0.15, -0.1) is 0 Å². The van der Waals surface area contributed by atoms with Crippen LogP contribution in [0.15, 0.2) is 4.63 Å². The third kappa shape index (κ3) is 2.25. The van der Waals surface area contributed by atoms with E-state index in [1.807, 2.05) is 0 Å². The first kappa shape index (κ1) is 9.66. The van der Waals surface area contributed by atoms with Crippen molar-refractivity contribution < 1.29 is 14.5 Å². The van der Waals surface area contributed by atoms with Crippen LogP contribution in [0, 0.1) is 12.8 Å². The van der Waals surface area contributed by atoms with Crippen molar-refractivity contribution in [1.29, 1.82) is 0 Å². The maximum Gasteiger partial charge on any atom is 0.308 e. The number of aryl methyl sites for hydroxylation is 1. The van der Waals surface area contributed by atoms with Gasteiger partial charge in [0.25, 0.3) is 0 Å². The van der Waals surface area contributed by atoms with Crippen molar-refractivity contribution in [2.24, 2.45) is 11.7 Å². The first-order valence-electron chi connectivity index (χ1n) is 3.86. The number of rotatable bonds is 4. The highest BCUT2D eigenvalue weighted by Gasteiger charge is 2.19. The molecule has 1 rings (SSSR count). The quantitative estimate of drug-likeness (QED) is 0.660. The summed E-state index contributed by atoms with van der Waals surface area (Å²) >= 11 is 0. The Morgan fingerprint density at radius 2 is 2.38 bits per heavy atom. The number of aromatic nitrogens is 2. The average Bonchev–Trinajstić information content (AvgIpc) is 2.46. The number of hydrogen-bond donors (Lipinski definition) is 2. The summed E-state index contributed by atoms with van der Waals surface area (Å²) in [6.45, 7) is 1.79. The van der Waals surface area contributed by atoms with Crippen LogP contribution in [-0.4, -0.2) is 27.9 Å². The second-order valence-electron chi connectivity index (χ2n) is 2.77. The van der Waals surface area contributed by atoms with Crippen LogP contribution in [0.3, 0.4) is 0 Å². The van der Waals surface area contributed by atoms with Crippen LogP contribution in [0.1, 0.15) is 11.4 Å². The van der Waals surface area contributed by atoms with Gasteiger partial charge in [0, 0.05) is 13.0 Å². The van der Waals surface area contributed by atoms with Crippen LogP contribution in [0.4, 0.5) is 0 Å². The molecule has 0 aliphatic heterocycles. The minimum absolute atomic E-state index is 0.0850. The monoisotopic (exact) mass is 185 g/mol. The Labute approximate surface area is 74.7 Å². The normalized spacial score (nSPS) is 12.8. The molecular formula is C7H11N3O3. The smallest absolute Gasteiger partial charge is 0.308 e. The number of nitrogens with zero attached hydrogens (tertiary/aromatic N) is 2. The van der Waals surface area contributed by atoms with Crippen molar-refractivity contribution in [2.75, 3.05) is 6.54 Å². The molecule has 0 fully saturated rings. The highest BCUT2D eigenvalue weighted by Crippen LogP contribution is 2.08. The Kier molecular flexibility index (Phi) is 2.97. The van der Waals surface area contributed by atoms with Crippen molar-refractivity contribution in [3.63, 3.8) is 0 Å². The predicted molar refractivity (Wildman–Crippen MR) is 42.9 cm³/mol. The number of hydrogen-bond acceptors (Lipinski definition) is 5. The van der Waals surface area contributed by atoms with Gasteiger partial charge in [-0.2, -0.15) is 0 Å². The molecule has 72 valence electrons. The Hall–Kier alpha value is -1.43. The molecule has 0 saturated heterocycles. The van der Waals surface area contributed by atoms with Gasteiger partial charge in [0.1, 0.15) is 11.4 Å². The van der Waals surface area contributed by atoms with Gasteiger partial charge in [0.05, 0.1) is 5.92 Å². The fourth-order valence-electron chi connectivity index (χ4n) is 0.940. The molecule has 1 aromatic rings. The van der Waals surface area contributed by atoms with Crippen LogP contribution < -0.4 is 5.73 Å². The second-order valence-corrected chi connectivity index (χ2v) is 2.77. The molecule has 0 radical (unpaired) electrons. The van der Waals surface area contributed by atoms with Gasteiger partial charge in [0.2, 0.25) is 0 Å². The summed E-state index contributed by atoms with van der Waals surface area (Å²) in [6.07, 6.45) is 0.265. The molecule has 0 spiro atoms. The lowest BCUT2D eigenvalue weighted by atomic mass is 10.0. The summed E-state index contributed by atoms with van der Waals surface area (Å²) in [7, 11) is 0. The van der Waals surface area contributed by atoms with E-state index in [2.05, 4.69) is 14.9 Å². The summed E-state index contributed by atoms with van der Waals surface area (Å²) in [5.74, 6) is -1.55. The van der Waals surface area contributed by atoms with Gasteiger partial charge in [-0.3, -0.25) is 4.79 Å². The van der Waals surface area contributed by atoms with Crippen molar-refractivity contribution in [3.05, 3.63) is 11.4 Å². The molecule has 0 aliphatic carbocycles. The van der Waals surface area contributed by atoms with Crippen LogP contribution in [0.25, 0.3) is 0 Å². The lowest BCUT2D eigenvalue weighted by Crippen LogP contribution is -2.25. The van der Waals surface area contributed by atoms with Crippen LogP contribution in [0.2, 0.25) is 0 Å². The Morgan fingerprint density at radius 1 is 1.69 bits per heavy atom. The molecule has 1 unspecified atom stereocenters. The summed E-state index contributed by atoms with van der Waals surface area (Å²) in [5.41, 5.74) is 6.45. The van der Waals surface area contributed by atoms with E-state index in [-0.39, 0.29) is 13.0 Å². The van der Waals surface area contributed by atoms with Gasteiger partial charge >= 0.3 is 5.97 Å². The molecule has 0 aliphatic rings. The topological polar surface area (TPSA) is 102 Å². The van der Waals surface area contributed by atoms with Gasteiger partial charge in [0.15, 0.2) is 0 Å². The van der Waals surface area contributed by atoms with Crippen LogP contribution in [0.5, 0.6) is 0 Å². The van der Waals surface area contributed by atoms with E-state index < -0.39 is 11.9 Å². The summed E-state index contributed by atoms with van der Waals surface area (Å²) in [6, 6.07) is 0. The SMILES string of the molecule is Cc1nonc1CC(CN)C(=O)O. The Morgan fingerprint density at radius 3 is 2.77 bits per heavy atom. The molecule has 0 saturated carbocycles. The summed E-state index contributed by atoms with van der Waals surface area (Å²) in [4.78, 5) is 10.6. The molecule has 0 amide bonds. The molecule has 6 nitrogen and oxygen atoms in total. The van der Waals surface area contributed by atoms with Crippen molar-refractivity contribution in [2.45, 2.75) is 13.3 Å². The molecule has 0 bridgehead atoms. The first-order chi connectivity index (χ1) is 6.15. The van der Waals surface area contributed by atoms with Gasteiger partial charge in [-0.25, -0.2) is 4.63 Å². The Balaban J connectivity index is 2.67. The standard InChI is InChI=1S/C7H11N3O3/c1-4-6(10-13-9-4)2-5(3-8)7(11)12/h5H,2-3,8H2,1H3,(H,11,12). The summed E-state index contributed by atoms with van der Waals surface area (Å²) in [5, 5.41) is 15.8. The number of carboxylic acids is 1. The minimum Gasteiger partial charge on any atom is -0.481 e. The molecule has 3 N–H and O–H groups in total. The maximum absolute atomic E-state index is 10.6. The zero-order valence-corrected chi connectivity index (χ0v) is 7.23. The van der Waals surface area contributed by atoms with E-state index in [0.717, 1.165) is 0 Å². The van der Waals surface area contributed by atoms with Crippen LogP contribution >= 0.6 is 0 Å². The summed E-state index contributed by atoms with van der Waals surface area (Å²) < 4.78 is 4.44. The fraction of sp³-hybridized carbons (Fsp3) is 0.571. The molecular weight excluding hydrogens is 174 g/mol. The lowest BCUT2D eigenvalue weighted by Gasteiger charge is -2.05. The highest BCUT2D eigenvalue weighted by molar-refractivity contribution is 5.70. The molecule has 13 heavy (non-hydrogen) atoms. The molecule has 1 atom stereocenters. The van der Waals surface area contributed by atoms with E-state index in [4.69, 9.17) is 10.8 Å². The van der Waals surface area contributed by atoms with Crippen molar-refractivity contribution in [1.82, 2.24) is 10.3 Å². The van der Waals surface area contributed by atoms with E-state index in [1.54, 1.807) is 6.92 Å². The molecule has 1 heterocycles. The van der Waals surface area contributed by atoms with Crippen molar-refractivity contribution >= 4 is 5.97 Å². The number of carbonyl (C=O) groups is 1.